The van der Waals surface area contributed by atoms with Crippen LogP contribution in [0, 0.1) is 0 Å². The molecule has 0 bridgehead atoms. The van der Waals surface area contributed by atoms with Crippen LogP contribution in [0.3, 0.4) is 0 Å². The Morgan fingerprint density at radius 1 is 1.22 bits per heavy atom. The highest BCUT2D eigenvalue weighted by Gasteiger charge is 2.32. The zero-order chi connectivity index (χ0) is 15.8. The number of likely N-dealkylation sites (tertiary alicyclic amines) is 1. The minimum atomic E-state index is -0.0605. The molecule has 116 valence electrons. The smallest absolute Gasteiger partial charge is 0.274 e. The fourth-order valence-electron chi connectivity index (χ4n) is 3.18. The maximum absolute atomic E-state index is 12.9. The third-order valence-corrected chi connectivity index (χ3v) is 4.29. The Morgan fingerprint density at radius 2 is 2.04 bits per heavy atom. The van der Waals surface area contributed by atoms with Crippen molar-refractivity contribution >= 4 is 16.9 Å². The van der Waals surface area contributed by atoms with E-state index in [9.17, 15) is 4.79 Å². The Morgan fingerprint density at radius 3 is 2.83 bits per heavy atom. The van der Waals surface area contributed by atoms with Gasteiger partial charge >= 0.3 is 0 Å². The van der Waals surface area contributed by atoms with Crippen LogP contribution in [0.1, 0.15) is 34.9 Å². The average Bonchev–Trinajstić information content (AvgIpc) is 3.22. The summed E-state index contributed by atoms with van der Waals surface area (Å²) in [6.07, 6.45) is 7.33. The highest BCUT2D eigenvalue weighted by molar-refractivity contribution is 5.94. The van der Waals surface area contributed by atoms with Gasteiger partial charge < -0.3 is 4.90 Å². The lowest BCUT2D eigenvalue weighted by Crippen LogP contribution is -2.31. The standard InChI is InChI=1S/C17H17N5O/c1-21-11-12(9-19-21)16-7-4-8-22(16)17(23)15-10-18-13-5-2-3-6-14(13)20-15/h2-3,5-6,9-11,16H,4,7-8H2,1H3. The molecule has 6 heteroatoms. The molecule has 1 aliphatic heterocycles. The lowest BCUT2D eigenvalue weighted by Gasteiger charge is -2.23. The number of hydrogen-bond donors (Lipinski definition) is 0. The van der Waals surface area contributed by atoms with Gasteiger partial charge in [-0.3, -0.25) is 14.5 Å². The predicted octanol–water partition coefficient (Wildman–Crippen LogP) is 2.34. The van der Waals surface area contributed by atoms with Gasteiger partial charge in [0.25, 0.3) is 5.91 Å². The molecule has 1 atom stereocenters. The van der Waals surface area contributed by atoms with E-state index >= 15 is 0 Å². The highest BCUT2D eigenvalue weighted by Crippen LogP contribution is 2.32. The number of fused-ring (bicyclic) bond motifs is 1. The van der Waals surface area contributed by atoms with Crippen molar-refractivity contribution < 1.29 is 4.79 Å². The largest absolute Gasteiger partial charge is 0.330 e. The van der Waals surface area contributed by atoms with Crippen LogP contribution >= 0.6 is 0 Å². The molecular weight excluding hydrogens is 290 g/mol. The van der Waals surface area contributed by atoms with Crippen molar-refractivity contribution in [2.45, 2.75) is 18.9 Å². The summed E-state index contributed by atoms with van der Waals surface area (Å²) in [6, 6.07) is 7.66. The molecule has 3 aromatic rings. The number of rotatable bonds is 2. The molecule has 0 aliphatic carbocycles. The minimum absolute atomic E-state index is 0.0605. The summed E-state index contributed by atoms with van der Waals surface area (Å²) in [5, 5.41) is 4.22. The second-order valence-corrected chi connectivity index (χ2v) is 5.85. The fourth-order valence-corrected chi connectivity index (χ4v) is 3.18. The zero-order valence-electron chi connectivity index (χ0n) is 12.9. The van der Waals surface area contributed by atoms with Crippen molar-refractivity contribution in [1.82, 2.24) is 24.6 Å². The van der Waals surface area contributed by atoms with Crippen LogP contribution in [-0.4, -0.2) is 37.1 Å². The van der Waals surface area contributed by atoms with Crippen LogP contribution in [0.2, 0.25) is 0 Å². The maximum Gasteiger partial charge on any atom is 0.274 e. The van der Waals surface area contributed by atoms with Gasteiger partial charge in [0.05, 0.1) is 29.5 Å². The molecule has 4 rings (SSSR count). The summed E-state index contributed by atoms with van der Waals surface area (Å²) in [5.74, 6) is -0.0605. The van der Waals surface area contributed by atoms with Gasteiger partial charge in [-0.25, -0.2) is 4.98 Å². The summed E-state index contributed by atoms with van der Waals surface area (Å²) < 4.78 is 1.77. The van der Waals surface area contributed by atoms with Gasteiger partial charge in [-0.15, -0.1) is 0 Å². The van der Waals surface area contributed by atoms with E-state index in [-0.39, 0.29) is 11.9 Å². The first-order valence-electron chi connectivity index (χ1n) is 7.74. The molecule has 2 aromatic heterocycles. The third kappa shape index (κ3) is 2.46. The highest BCUT2D eigenvalue weighted by atomic mass is 16.2. The van der Waals surface area contributed by atoms with Crippen LogP contribution in [0.25, 0.3) is 11.0 Å². The van der Waals surface area contributed by atoms with Gasteiger partial charge in [0, 0.05) is 25.4 Å². The van der Waals surface area contributed by atoms with E-state index in [2.05, 4.69) is 15.1 Å². The van der Waals surface area contributed by atoms with Crippen molar-refractivity contribution in [3.8, 4) is 0 Å². The molecule has 0 spiro atoms. The Bertz CT molecular complexity index is 872. The van der Waals surface area contributed by atoms with Crippen molar-refractivity contribution in [1.29, 1.82) is 0 Å². The number of amides is 1. The maximum atomic E-state index is 12.9. The van der Waals surface area contributed by atoms with E-state index in [0.29, 0.717) is 5.69 Å². The Balaban J connectivity index is 1.66. The summed E-state index contributed by atoms with van der Waals surface area (Å²) >= 11 is 0. The van der Waals surface area contributed by atoms with Crippen molar-refractivity contribution in [3.05, 3.63) is 54.1 Å². The molecule has 1 aliphatic rings. The van der Waals surface area contributed by atoms with Gasteiger partial charge in [-0.05, 0) is 25.0 Å². The van der Waals surface area contributed by atoms with Crippen LogP contribution in [-0.2, 0) is 7.05 Å². The first-order valence-corrected chi connectivity index (χ1v) is 7.74. The number of nitrogens with zero attached hydrogens (tertiary/aromatic N) is 5. The van der Waals surface area contributed by atoms with Gasteiger partial charge in [-0.2, -0.15) is 5.10 Å². The molecular formula is C17H17N5O. The van der Waals surface area contributed by atoms with Crippen LogP contribution in [0.4, 0.5) is 0 Å². The van der Waals surface area contributed by atoms with Gasteiger partial charge in [0.1, 0.15) is 5.69 Å². The monoisotopic (exact) mass is 307 g/mol. The summed E-state index contributed by atoms with van der Waals surface area (Å²) in [5.41, 5.74) is 3.02. The molecule has 3 heterocycles. The van der Waals surface area contributed by atoms with E-state index in [1.54, 1.807) is 10.9 Å². The summed E-state index contributed by atoms with van der Waals surface area (Å²) in [6.45, 7) is 0.743. The molecule has 1 unspecified atom stereocenters. The van der Waals surface area contributed by atoms with Crippen LogP contribution in [0.5, 0.6) is 0 Å². The Hall–Kier alpha value is -2.76. The van der Waals surface area contributed by atoms with E-state index < -0.39 is 0 Å². The average molecular weight is 307 g/mol. The molecule has 0 saturated carbocycles. The summed E-state index contributed by atoms with van der Waals surface area (Å²) in [4.78, 5) is 23.6. The lowest BCUT2D eigenvalue weighted by atomic mass is 10.1. The number of aromatic nitrogens is 4. The minimum Gasteiger partial charge on any atom is -0.330 e. The normalized spacial score (nSPS) is 17.8. The number of para-hydroxylation sites is 2. The van der Waals surface area contributed by atoms with Crippen molar-refractivity contribution in [2.24, 2.45) is 7.05 Å². The van der Waals surface area contributed by atoms with E-state index in [0.717, 1.165) is 36.0 Å². The number of aryl methyl sites for hydroxylation is 1. The fraction of sp³-hybridized carbons (Fsp3) is 0.294. The Kier molecular flexibility index (Phi) is 3.29. The number of hydrogen-bond acceptors (Lipinski definition) is 4. The summed E-state index contributed by atoms with van der Waals surface area (Å²) in [7, 11) is 1.89. The predicted molar refractivity (Wildman–Crippen MR) is 85.8 cm³/mol. The molecule has 0 radical (unpaired) electrons. The van der Waals surface area contributed by atoms with Gasteiger partial charge in [0.2, 0.25) is 0 Å². The van der Waals surface area contributed by atoms with Crippen molar-refractivity contribution in [2.75, 3.05) is 6.54 Å². The molecule has 1 saturated heterocycles. The van der Waals surface area contributed by atoms with E-state index in [1.807, 2.05) is 48.6 Å². The molecule has 1 aromatic carbocycles. The first kappa shape index (κ1) is 13.9. The quantitative estimate of drug-likeness (QED) is 0.729. The third-order valence-electron chi connectivity index (χ3n) is 4.29. The van der Waals surface area contributed by atoms with Gasteiger partial charge in [-0.1, -0.05) is 12.1 Å². The topological polar surface area (TPSA) is 63.9 Å². The van der Waals surface area contributed by atoms with E-state index in [4.69, 9.17) is 0 Å². The van der Waals surface area contributed by atoms with Crippen LogP contribution in [0.15, 0.2) is 42.9 Å². The molecule has 1 amide bonds. The lowest BCUT2D eigenvalue weighted by molar-refractivity contribution is 0.0729. The van der Waals surface area contributed by atoms with Gasteiger partial charge in [0.15, 0.2) is 0 Å². The zero-order valence-corrected chi connectivity index (χ0v) is 12.9. The van der Waals surface area contributed by atoms with Crippen molar-refractivity contribution in [3.63, 3.8) is 0 Å². The number of carbonyl (C=O) groups is 1. The van der Waals surface area contributed by atoms with Crippen LogP contribution < -0.4 is 0 Å². The number of carbonyl (C=O) groups excluding carboxylic acids is 1. The first-order chi connectivity index (χ1) is 11.2. The second-order valence-electron chi connectivity index (χ2n) is 5.85. The van der Waals surface area contributed by atoms with E-state index in [1.165, 1.54) is 0 Å². The SMILES string of the molecule is Cn1cc(C2CCCN2C(=O)c2cnc3ccccc3n2)cn1. The Labute approximate surface area is 133 Å². The molecule has 6 nitrogen and oxygen atoms in total. The molecule has 1 fully saturated rings. The molecule has 0 N–H and O–H groups in total. The molecule has 23 heavy (non-hydrogen) atoms. The number of benzene rings is 1. The second kappa shape index (κ2) is 5.46.